The molecule has 0 bridgehead atoms. The predicted octanol–water partition coefficient (Wildman–Crippen LogP) is 3.27. The topological polar surface area (TPSA) is 66.9 Å². The molecule has 0 aromatic heterocycles. The number of amides is 1. The lowest BCUT2D eigenvalue weighted by Gasteiger charge is -2.35. The van der Waals surface area contributed by atoms with Crippen LogP contribution >= 0.6 is 0 Å². The van der Waals surface area contributed by atoms with Crippen LogP contribution in [-0.2, 0) is 10.0 Å². The minimum Gasteiger partial charge on any atom is -0.495 e. The molecule has 0 N–H and O–H groups in total. The van der Waals surface area contributed by atoms with Gasteiger partial charge in [0.1, 0.15) is 10.6 Å². The molecule has 2 aliphatic carbocycles. The monoisotopic (exact) mass is 394 g/mol. The lowest BCUT2D eigenvalue weighted by molar-refractivity contribution is 0.0580. The Morgan fingerprint density at radius 1 is 1.00 bits per heavy atom. The molecule has 6 nitrogen and oxygen atoms in total. The van der Waals surface area contributed by atoms with E-state index in [4.69, 9.17) is 4.74 Å². The number of methoxy groups -OCH3 is 1. The van der Waals surface area contributed by atoms with Gasteiger partial charge in [0.25, 0.3) is 5.91 Å². The van der Waals surface area contributed by atoms with Crippen molar-refractivity contribution in [1.29, 1.82) is 0 Å². The Hall–Kier alpha value is -1.60. The highest BCUT2D eigenvalue weighted by atomic mass is 32.2. The van der Waals surface area contributed by atoms with Gasteiger partial charge in [-0.2, -0.15) is 0 Å². The van der Waals surface area contributed by atoms with Crippen LogP contribution in [0.5, 0.6) is 5.75 Å². The Morgan fingerprint density at radius 2 is 1.52 bits per heavy atom. The van der Waals surface area contributed by atoms with Crippen LogP contribution in [0.15, 0.2) is 23.1 Å². The molecule has 2 saturated carbocycles. The number of benzene rings is 1. The molecule has 0 spiro atoms. The van der Waals surface area contributed by atoms with Crippen molar-refractivity contribution in [2.75, 3.05) is 21.2 Å². The van der Waals surface area contributed by atoms with E-state index < -0.39 is 10.0 Å². The van der Waals surface area contributed by atoms with Crippen LogP contribution in [0.4, 0.5) is 0 Å². The Kier molecular flexibility index (Phi) is 6.11. The Balaban J connectivity index is 1.99. The summed E-state index contributed by atoms with van der Waals surface area (Å²) in [5, 5.41) is 0. The van der Waals surface area contributed by atoms with E-state index in [1.165, 1.54) is 27.3 Å². The third-order valence-electron chi connectivity index (χ3n) is 5.84. The summed E-state index contributed by atoms with van der Waals surface area (Å²) in [7, 11) is 0.695. The summed E-state index contributed by atoms with van der Waals surface area (Å²) >= 11 is 0. The summed E-state index contributed by atoms with van der Waals surface area (Å²) in [5.74, 6) is 0.209. The van der Waals surface area contributed by atoms with Gasteiger partial charge in [0.15, 0.2) is 0 Å². The fraction of sp³-hybridized carbons (Fsp3) is 0.650. The summed E-state index contributed by atoms with van der Waals surface area (Å²) in [6.07, 6.45) is 8.80. The maximum atomic E-state index is 13.4. The molecule has 1 amide bonds. The van der Waals surface area contributed by atoms with E-state index in [1.807, 2.05) is 0 Å². The van der Waals surface area contributed by atoms with Crippen molar-refractivity contribution in [3.05, 3.63) is 23.8 Å². The van der Waals surface area contributed by atoms with Crippen LogP contribution in [0.25, 0.3) is 0 Å². The molecular weight excluding hydrogens is 364 g/mol. The SMILES string of the molecule is COc1ccc(C(=O)N(C2CCCC2)C2CCCC2)cc1S(=O)(=O)N(C)C. The van der Waals surface area contributed by atoms with Gasteiger partial charge in [0, 0.05) is 31.7 Å². The van der Waals surface area contributed by atoms with Crippen LogP contribution in [0, 0.1) is 0 Å². The molecule has 0 atom stereocenters. The second-order valence-electron chi connectivity index (χ2n) is 7.74. The third kappa shape index (κ3) is 3.99. The van der Waals surface area contributed by atoms with Gasteiger partial charge in [0.2, 0.25) is 10.0 Å². The average Bonchev–Trinajstić information content (AvgIpc) is 3.35. The van der Waals surface area contributed by atoms with Gasteiger partial charge in [-0.3, -0.25) is 4.79 Å². The molecule has 1 aromatic carbocycles. The van der Waals surface area contributed by atoms with E-state index in [9.17, 15) is 13.2 Å². The Morgan fingerprint density at radius 3 is 1.96 bits per heavy atom. The molecule has 0 aliphatic heterocycles. The average molecular weight is 395 g/mol. The van der Waals surface area contributed by atoms with Crippen molar-refractivity contribution in [2.24, 2.45) is 0 Å². The molecule has 27 heavy (non-hydrogen) atoms. The van der Waals surface area contributed by atoms with Crippen molar-refractivity contribution in [1.82, 2.24) is 9.21 Å². The molecular formula is C20H30N2O4S. The largest absolute Gasteiger partial charge is 0.495 e. The maximum absolute atomic E-state index is 13.4. The number of rotatable bonds is 6. The number of ether oxygens (including phenoxy) is 1. The summed E-state index contributed by atoms with van der Waals surface area (Å²) in [4.78, 5) is 15.5. The normalized spacial score (nSPS) is 19.0. The molecule has 1 aromatic rings. The first-order valence-electron chi connectivity index (χ1n) is 9.79. The number of nitrogens with zero attached hydrogens (tertiary/aromatic N) is 2. The number of carbonyl (C=O) groups is 1. The van der Waals surface area contributed by atoms with E-state index in [-0.39, 0.29) is 28.6 Å². The van der Waals surface area contributed by atoms with Crippen molar-refractivity contribution < 1.29 is 17.9 Å². The second-order valence-corrected chi connectivity index (χ2v) is 9.86. The van der Waals surface area contributed by atoms with Crippen molar-refractivity contribution >= 4 is 15.9 Å². The highest BCUT2D eigenvalue weighted by molar-refractivity contribution is 7.89. The number of carbonyl (C=O) groups excluding carboxylic acids is 1. The molecule has 0 saturated heterocycles. The predicted molar refractivity (Wildman–Crippen MR) is 105 cm³/mol. The van der Waals surface area contributed by atoms with E-state index in [2.05, 4.69) is 4.90 Å². The maximum Gasteiger partial charge on any atom is 0.254 e. The fourth-order valence-electron chi connectivity index (χ4n) is 4.35. The van der Waals surface area contributed by atoms with Crippen molar-refractivity contribution in [3.8, 4) is 5.75 Å². The molecule has 2 fully saturated rings. The van der Waals surface area contributed by atoms with Gasteiger partial charge >= 0.3 is 0 Å². The first-order chi connectivity index (χ1) is 12.9. The van der Waals surface area contributed by atoms with Crippen molar-refractivity contribution in [2.45, 2.75) is 68.3 Å². The molecule has 7 heteroatoms. The lowest BCUT2D eigenvalue weighted by atomic mass is 10.1. The van der Waals surface area contributed by atoms with Gasteiger partial charge in [-0.25, -0.2) is 12.7 Å². The van der Waals surface area contributed by atoms with Crippen molar-refractivity contribution in [3.63, 3.8) is 0 Å². The van der Waals surface area contributed by atoms with E-state index >= 15 is 0 Å². The zero-order valence-corrected chi connectivity index (χ0v) is 17.3. The van der Waals surface area contributed by atoms with E-state index in [0.29, 0.717) is 5.56 Å². The third-order valence-corrected chi connectivity index (χ3v) is 7.68. The van der Waals surface area contributed by atoms with Crippen LogP contribution in [0.1, 0.15) is 61.7 Å². The Bertz CT molecular complexity index is 763. The van der Waals surface area contributed by atoms with E-state index in [0.717, 1.165) is 55.7 Å². The number of hydrogen-bond donors (Lipinski definition) is 0. The highest BCUT2D eigenvalue weighted by Crippen LogP contribution is 2.34. The molecule has 2 aliphatic rings. The second kappa shape index (κ2) is 8.19. The zero-order valence-electron chi connectivity index (χ0n) is 16.5. The Labute approximate surface area is 162 Å². The molecule has 150 valence electrons. The first-order valence-corrected chi connectivity index (χ1v) is 11.2. The van der Waals surface area contributed by atoms with Gasteiger partial charge in [-0.05, 0) is 43.9 Å². The van der Waals surface area contributed by atoms with E-state index in [1.54, 1.807) is 12.1 Å². The molecule has 0 heterocycles. The molecule has 0 unspecified atom stereocenters. The lowest BCUT2D eigenvalue weighted by Crippen LogP contribution is -2.45. The standard InChI is InChI=1S/C20H30N2O4S/c1-21(2)27(24,25)19-14-15(12-13-18(19)26-3)20(23)22(16-8-4-5-9-16)17-10-6-7-11-17/h12-14,16-17H,4-11H2,1-3H3. The summed E-state index contributed by atoms with van der Waals surface area (Å²) in [5.41, 5.74) is 0.426. The van der Waals surface area contributed by atoms with Crippen LogP contribution in [0.2, 0.25) is 0 Å². The van der Waals surface area contributed by atoms with Gasteiger partial charge < -0.3 is 9.64 Å². The minimum absolute atomic E-state index is 0.0404. The summed E-state index contributed by atoms with van der Waals surface area (Å²) < 4.78 is 31.8. The van der Waals surface area contributed by atoms with Crippen LogP contribution in [-0.4, -0.2) is 56.8 Å². The number of sulfonamides is 1. The highest BCUT2D eigenvalue weighted by Gasteiger charge is 2.35. The molecule has 0 radical (unpaired) electrons. The van der Waals surface area contributed by atoms with Gasteiger partial charge in [-0.1, -0.05) is 25.7 Å². The minimum atomic E-state index is -3.70. The summed E-state index contributed by atoms with van der Waals surface area (Å²) in [6, 6.07) is 5.30. The fourth-order valence-corrected chi connectivity index (χ4v) is 5.43. The number of hydrogen-bond acceptors (Lipinski definition) is 4. The van der Waals surface area contributed by atoms with Crippen LogP contribution in [0.3, 0.4) is 0 Å². The van der Waals surface area contributed by atoms with Gasteiger partial charge in [-0.15, -0.1) is 0 Å². The quantitative estimate of drug-likeness (QED) is 0.743. The van der Waals surface area contributed by atoms with Gasteiger partial charge in [0.05, 0.1) is 7.11 Å². The molecule has 3 rings (SSSR count). The first kappa shape index (κ1) is 20.1. The smallest absolute Gasteiger partial charge is 0.254 e. The summed E-state index contributed by atoms with van der Waals surface area (Å²) in [6.45, 7) is 0. The zero-order chi connectivity index (χ0) is 19.6. The van der Waals surface area contributed by atoms with Crippen LogP contribution < -0.4 is 4.74 Å².